The zero-order valence-electron chi connectivity index (χ0n) is 16.7. The molecule has 1 fully saturated rings. The summed E-state index contributed by atoms with van der Waals surface area (Å²) in [7, 11) is -2.19. The van der Waals surface area contributed by atoms with Crippen LogP contribution in [-0.4, -0.2) is 26.5 Å². The minimum atomic E-state index is -3.73. The molecule has 0 aliphatic heterocycles. The lowest BCUT2D eigenvalue weighted by molar-refractivity contribution is -0.120. The van der Waals surface area contributed by atoms with Crippen LogP contribution in [0.2, 0.25) is 0 Å². The lowest BCUT2D eigenvalue weighted by Gasteiger charge is -2.13. The van der Waals surface area contributed by atoms with Crippen LogP contribution in [0.5, 0.6) is 5.75 Å². The highest BCUT2D eigenvalue weighted by molar-refractivity contribution is 7.92. The minimum Gasteiger partial charge on any atom is -0.497 e. The largest absolute Gasteiger partial charge is 0.497 e. The maximum atomic E-state index is 12.6. The molecule has 0 heterocycles. The molecule has 1 aliphatic rings. The first-order valence-electron chi connectivity index (χ1n) is 9.73. The van der Waals surface area contributed by atoms with Crippen LogP contribution in [0.4, 0.5) is 11.4 Å². The van der Waals surface area contributed by atoms with Crippen LogP contribution in [0.1, 0.15) is 32.1 Å². The molecule has 1 amide bonds. The zero-order valence-corrected chi connectivity index (χ0v) is 18.3. The normalized spacial score (nSPS) is 14.2. The Hall–Kier alpha value is -2.65. The van der Waals surface area contributed by atoms with E-state index in [2.05, 4.69) is 15.4 Å². The number of hydrogen-bond acceptors (Lipinski definition) is 5. The SMILES string of the molecule is COc1ccc(NS(=O)(=O)c2ccc(NC(=S)NC(=O)CC3CCCC3)cc2)cc1. The summed E-state index contributed by atoms with van der Waals surface area (Å²) in [6.45, 7) is 0. The van der Waals surface area contributed by atoms with E-state index in [1.807, 2.05) is 0 Å². The van der Waals surface area contributed by atoms with Gasteiger partial charge in [-0.25, -0.2) is 8.42 Å². The number of thiocarbonyl (C=S) groups is 1. The number of carbonyl (C=O) groups is 1. The zero-order chi connectivity index (χ0) is 21.6. The maximum absolute atomic E-state index is 12.6. The second-order valence-electron chi connectivity index (χ2n) is 7.22. The number of nitrogens with one attached hydrogen (secondary N) is 3. The topological polar surface area (TPSA) is 96.5 Å². The van der Waals surface area contributed by atoms with Gasteiger partial charge in [-0.15, -0.1) is 0 Å². The Balaban J connectivity index is 1.55. The molecule has 3 rings (SSSR count). The lowest BCUT2D eigenvalue weighted by atomic mass is 10.0. The summed E-state index contributed by atoms with van der Waals surface area (Å²) >= 11 is 5.18. The average Bonchev–Trinajstić information content (AvgIpc) is 3.21. The van der Waals surface area contributed by atoms with E-state index in [0.717, 1.165) is 12.8 Å². The Kier molecular flexibility index (Phi) is 7.28. The van der Waals surface area contributed by atoms with Gasteiger partial charge in [0.25, 0.3) is 10.0 Å². The molecule has 2 aromatic carbocycles. The molecule has 7 nitrogen and oxygen atoms in total. The van der Waals surface area contributed by atoms with Crippen molar-refractivity contribution < 1.29 is 17.9 Å². The van der Waals surface area contributed by atoms with Crippen molar-refractivity contribution in [2.45, 2.75) is 37.0 Å². The van der Waals surface area contributed by atoms with Gasteiger partial charge in [-0.1, -0.05) is 12.8 Å². The molecule has 3 N–H and O–H groups in total. The third-order valence-electron chi connectivity index (χ3n) is 4.97. The molecule has 0 radical (unpaired) electrons. The van der Waals surface area contributed by atoms with E-state index in [4.69, 9.17) is 17.0 Å². The molecule has 0 saturated heterocycles. The number of amides is 1. The summed E-state index contributed by atoms with van der Waals surface area (Å²) in [5, 5.41) is 5.79. The van der Waals surface area contributed by atoms with Gasteiger partial charge in [0, 0.05) is 17.8 Å². The van der Waals surface area contributed by atoms with E-state index in [-0.39, 0.29) is 15.9 Å². The van der Waals surface area contributed by atoms with E-state index in [0.29, 0.717) is 29.5 Å². The monoisotopic (exact) mass is 447 g/mol. The van der Waals surface area contributed by atoms with E-state index in [1.54, 1.807) is 43.5 Å². The van der Waals surface area contributed by atoms with Crippen molar-refractivity contribution >= 4 is 44.6 Å². The number of rotatable bonds is 7. The molecular formula is C21H25N3O4S2. The Bertz CT molecular complexity index is 984. The van der Waals surface area contributed by atoms with Crippen molar-refractivity contribution in [2.24, 2.45) is 5.92 Å². The van der Waals surface area contributed by atoms with Crippen LogP contribution >= 0.6 is 12.2 Å². The standard InChI is InChI=1S/C21H25N3O4S2/c1-28-18-10-6-17(7-11-18)24-30(26,27)19-12-8-16(9-13-19)22-21(29)23-20(25)14-15-4-2-3-5-15/h6-13,15,24H,2-5,14H2,1H3,(H2,22,23,25,29). The number of carbonyl (C=O) groups excluding carboxylic acids is 1. The highest BCUT2D eigenvalue weighted by Gasteiger charge is 2.19. The third kappa shape index (κ3) is 6.17. The fourth-order valence-corrected chi connectivity index (χ4v) is 4.70. The minimum absolute atomic E-state index is 0.0951. The molecule has 1 aliphatic carbocycles. The van der Waals surface area contributed by atoms with Crippen LogP contribution < -0.4 is 20.1 Å². The molecule has 160 valence electrons. The number of benzene rings is 2. The summed E-state index contributed by atoms with van der Waals surface area (Å²) in [6, 6.07) is 12.7. The first-order chi connectivity index (χ1) is 14.4. The van der Waals surface area contributed by atoms with Gasteiger partial charge in [0.15, 0.2) is 5.11 Å². The van der Waals surface area contributed by atoms with Gasteiger partial charge >= 0.3 is 0 Å². The van der Waals surface area contributed by atoms with E-state index >= 15 is 0 Å². The Labute approximate surface area is 182 Å². The predicted molar refractivity (Wildman–Crippen MR) is 121 cm³/mol. The Morgan fingerprint density at radius 3 is 2.23 bits per heavy atom. The van der Waals surface area contributed by atoms with Gasteiger partial charge in [0.1, 0.15) is 5.75 Å². The fraction of sp³-hybridized carbons (Fsp3) is 0.333. The van der Waals surface area contributed by atoms with Crippen LogP contribution in [0.3, 0.4) is 0 Å². The van der Waals surface area contributed by atoms with Crippen molar-refractivity contribution in [1.82, 2.24) is 5.32 Å². The number of ether oxygens (including phenoxy) is 1. The number of hydrogen-bond donors (Lipinski definition) is 3. The third-order valence-corrected chi connectivity index (χ3v) is 6.57. The van der Waals surface area contributed by atoms with Crippen LogP contribution in [-0.2, 0) is 14.8 Å². The van der Waals surface area contributed by atoms with Gasteiger partial charge in [0.05, 0.1) is 12.0 Å². The Morgan fingerprint density at radius 1 is 1.03 bits per heavy atom. The van der Waals surface area contributed by atoms with E-state index in [1.165, 1.54) is 25.0 Å². The van der Waals surface area contributed by atoms with E-state index in [9.17, 15) is 13.2 Å². The van der Waals surface area contributed by atoms with Crippen molar-refractivity contribution in [2.75, 3.05) is 17.1 Å². The molecule has 1 saturated carbocycles. The van der Waals surface area contributed by atoms with E-state index < -0.39 is 10.0 Å². The molecule has 0 bridgehead atoms. The predicted octanol–water partition coefficient (Wildman–Crippen LogP) is 3.89. The van der Waals surface area contributed by atoms with Gasteiger partial charge in [-0.2, -0.15) is 0 Å². The van der Waals surface area contributed by atoms with Gasteiger partial charge < -0.3 is 15.4 Å². The van der Waals surface area contributed by atoms with Crippen LogP contribution in [0, 0.1) is 5.92 Å². The summed E-state index contributed by atoms with van der Waals surface area (Å²) in [4.78, 5) is 12.2. The molecule has 30 heavy (non-hydrogen) atoms. The number of methoxy groups -OCH3 is 1. The van der Waals surface area contributed by atoms with Crippen LogP contribution in [0.15, 0.2) is 53.4 Å². The molecule has 0 atom stereocenters. The maximum Gasteiger partial charge on any atom is 0.261 e. The van der Waals surface area contributed by atoms with Gasteiger partial charge in [-0.05, 0) is 79.5 Å². The van der Waals surface area contributed by atoms with Crippen molar-refractivity contribution in [3.05, 3.63) is 48.5 Å². The second-order valence-corrected chi connectivity index (χ2v) is 9.31. The smallest absolute Gasteiger partial charge is 0.261 e. The molecule has 9 heteroatoms. The van der Waals surface area contributed by atoms with Gasteiger partial charge in [-0.3, -0.25) is 9.52 Å². The summed E-state index contributed by atoms with van der Waals surface area (Å²) < 4.78 is 32.7. The number of anilines is 2. The summed E-state index contributed by atoms with van der Waals surface area (Å²) in [5.74, 6) is 0.984. The first kappa shape index (κ1) is 22.0. The number of sulfonamides is 1. The quantitative estimate of drug-likeness (QED) is 0.557. The molecule has 2 aromatic rings. The summed E-state index contributed by atoms with van der Waals surface area (Å²) in [5.41, 5.74) is 1.02. The summed E-state index contributed by atoms with van der Waals surface area (Å²) in [6.07, 6.45) is 5.03. The highest BCUT2D eigenvalue weighted by atomic mass is 32.2. The molecule has 0 spiro atoms. The van der Waals surface area contributed by atoms with Gasteiger partial charge in [0.2, 0.25) is 5.91 Å². The highest BCUT2D eigenvalue weighted by Crippen LogP contribution is 2.27. The second kappa shape index (κ2) is 9.90. The molecule has 0 aromatic heterocycles. The Morgan fingerprint density at radius 2 is 1.63 bits per heavy atom. The van der Waals surface area contributed by atoms with Crippen molar-refractivity contribution in [1.29, 1.82) is 0 Å². The lowest BCUT2D eigenvalue weighted by Crippen LogP contribution is -2.34. The van der Waals surface area contributed by atoms with Crippen molar-refractivity contribution in [3.63, 3.8) is 0 Å². The molecule has 0 unspecified atom stereocenters. The van der Waals surface area contributed by atoms with Crippen LogP contribution in [0.25, 0.3) is 0 Å². The van der Waals surface area contributed by atoms with Crippen molar-refractivity contribution in [3.8, 4) is 5.75 Å². The average molecular weight is 448 g/mol. The molecular weight excluding hydrogens is 422 g/mol. The first-order valence-corrected chi connectivity index (χ1v) is 11.6. The fourth-order valence-electron chi connectivity index (χ4n) is 3.41.